The summed E-state index contributed by atoms with van der Waals surface area (Å²) in [4.78, 5) is 3.87. The topological polar surface area (TPSA) is 15.3 Å². The minimum absolute atomic E-state index is 0.558. The Morgan fingerprint density at radius 3 is 2.10 bits per heavy atom. The van der Waals surface area contributed by atoms with Crippen molar-refractivity contribution in [3.63, 3.8) is 0 Å². The van der Waals surface area contributed by atoms with Crippen molar-refractivity contribution in [1.29, 1.82) is 0 Å². The number of likely N-dealkylation sites (tertiary alicyclic amines) is 1. The number of nitrogens with zero attached hydrogens (tertiary/aromatic N) is 1. The number of nitrogens with one attached hydrogen (secondary N) is 1. The molecule has 2 aromatic rings. The lowest BCUT2D eigenvalue weighted by Gasteiger charge is -2.14. The van der Waals surface area contributed by atoms with Crippen LogP contribution in [0.25, 0.3) is 11.1 Å². The first-order valence-corrected chi connectivity index (χ1v) is 12.4. The fraction of sp³-hybridized carbons (Fsp3) is 0.538. The molecule has 0 bridgehead atoms. The van der Waals surface area contributed by atoms with E-state index in [1.807, 2.05) is 13.8 Å². The van der Waals surface area contributed by atoms with Gasteiger partial charge in [0.05, 0.1) is 0 Å². The van der Waals surface area contributed by atoms with Crippen LogP contribution in [-0.2, 0) is 6.42 Å². The van der Waals surface area contributed by atoms with Crippen molar-refractivity contribution >= 4 is 11.9 Å². The standard InChI is InChI=1S/C24H34N2S.C2H6/c1-3-4-7-20(2)25-27-24-14-12-23(13-15-24)22-10-8-21(9-11-22)16-19-26-17-5-6-18-26;1-2/h8-15,20,25H,3-7,16-19H2,1-2H3;1-2H3. The molecule has 1 fully saturated rings. The molecule has 29 heavy (non-hydrogen) atoms. The molecule has 0 radical (unpaired) electrons. The molecular weight excluding hydrogens is 372 g/mol. The summed E-state index contributed by atoms with van der Waals surface area (Å²) in [5, 5.41) is 0. The molecule has 1 saturated heterocycles. The highest BCUT2D eigenvalue weighted by atomic mass is 32.2. The van der Waals surface area contributed by atoms with Gasteiger partial charge in [0.15, 0.2) is 0 Å². The van der Waals surface area contributed by atoms with Gasteiger partial charge >= 0.3 is 0 Å². The molecule has 1 heterocycles. The van der Waals surface area contributed by atoms with Gasteiger partial charge < -0.3 is 4.90 Å². The molecule has 2 nitrogen and oxygen atoms in total. The SMILES string of the molecule is CC.CCCCC(C)NSc1ccc(-c2ccc(CCN3CCCC3)cc2)cc1. The fourth-order valence-corrected chi connectivity index (χ4v) is 4.34. The van der Waals surface area contributed by atoms with Crippen molar-refractivity contribution < 1.29 is 0 Å². The molecule has 1 N–H and O–H groups in total. The Morgan fingerprint density at radius 1 is 0.931 bits per heavy atom. The number of hydrogen-bond acceptors (Lipinski definition) is 3. The maximum atomic E-state index is 3.55. The Labute approximate surface area is 183 Å². The van der Waals surface area contributed by atoms with E-state index in [1.54, 1.807) is 11.9 Å². The monoisotopic (exact) mass is 412 g/mol. The van der Waals surface area contributed by atoms with Crippen molar-refractivity contribution in [2.75, 3.05) is 19.6 Å². The third-order valence-electron chi connectivity index (χ3n) is 5.43. The summed E-state index contributed by atoms with van der Waals surface area (Å²) in [6.07, 6.45) is 7.72. The second-order valence-corrected chi connectivity index (χ2v) is 8.69. The second-order valence-electron chi connectivity index (χ2n) is 7.78. The van der Waals surface area contributed by atoms with E-state index in [9.17, 15) is 0 Å². The van der Waals surface area contributed by atoms with Crippen LogP contribution < -0.4 is 4.72 Å². The molecular formula is C26H40N2S. The zero-order valence-electron chi connectivity index (χ0n) is 18.9. The van der Waals surface area contributed by atoms with Gasteiger partial charge in [0.25, 0.3) is 0 Å². The summed E-state index contributed by atoms with van der Waals surface area (Å²) in [7, 11) is 0. The Hall–Kier alpha value is -1.29. The summed E-state index contributed by atoms with van der Waals surface area (Å²) in [5.74, 6) is 0. The molecule has 0 amide bonds. The quantitative estimate of drug-likeness (QED) is 0.416. The molecule has 0 saturated carbocycles. The normalized spacial score (nSPS) is 15.0. The third kappa shape index (κ3) is 8.54. The Kier molecular flexibility index (Phi) is 11.5. The fourth-order valence-electron chi connectivity index (χ4n) is 3.61. The van der Waals surface area contributed by atoms with Gasteiger partial charge in [-0.3, -0.25) is 4.72 Å². The molecule has 3 rings (SSSR count). The van der Waals surface area contributed by atoms with Crippen LogP contribution in [0.1, 0.15) is 65.4 Å². The first-order chi connectivity index (χ1) is 14.2. The molecule has 1 aliphatic heterocycles. The van der Waals surface area contributed by atoms with Crippen molar-refractivity contribution in [1.82, 2.24) is 9.62 Å². The zero-order valence-corrected chi connectivity index (χ0v) is 19.7. The Bertz CT molecular complexity index is 660. The number of unbranched alkanes of at least 4 members (excludes halogenated alkanes) is 1. The lowest BCUT2D eigenvalue weighted by Crippen LogP contribution is -2.21. The Balaban J connectivity index is 0.00000145. The van der Waals surface area contributed by atoms with E-state index in [2.05, 4.69) is 72.0 Å². The van der Waals surface area contributed by atoms with Gasteiger partial charge in [-0.15, -0.1) is 0 Å². The number of rotatable bonds is 10. The van der Waals surface area contributed by atoms with Gasteiger partial charge in [-0.1, -0.05) is 70.0 Å². The summed E-state index contributed by atoms with van der Waals surface area (Å²) in [5.41, 5.74) is 4.05. The maximum Gasteiger partial charge on any atom is 0.0228 e. The van der Waals surface area contributed by atoms with E-state index < -0.39 is 0 Å². The molecule has 0 spiro atoms. The van der Waals surface area contributed by atoms with Gasteiger partial charge in [-0.2, -0.15) is 0 Å². The first-order valence-electron chi connectivity index (χ1n) is 11.6. The summed E-state index contributed by atoms with van der Waals surface area (Å²) < 4.78 is 3.55. The lowest BCUT2D eigenvalue weighted by molar-refractivity contribution is 0.343. The van der Waals surface area contributed by atoms with Crippen molar-refractivity contribution in [2.24, 2.45) is 0 Å². The van der Waals surface area contributed by atoms with Gasteiger partial charge in [0.1, 0.15) is 0 Å². The Morgan fingerprint density at radius 2 is 1.52 bits per heavy atom. The van der Waals surface area contributed by atoms with Gasteiger partial charge in [0, 0.05) is 17.5 Å². The minimum Gasteiger partial charge on any atom is -0.303 e. The van der Waals surface area contributed by atoms with E-state index in [0.717, 1.165) is 6.42 Å². The minimum atomic E-state index is 0.558. The summed E-state index contributed by atoms with van der Waals surface area (Å²) >= 11 is 1.75. The summed E-state index contributed by atoms with van der Waals surface area (Å²) in [6, 6.07) is 18.6. The highest BCUT2D eigenvalue weighted by molar-refractivity contribution is 7.97. The van der Waals surface area contributed by atoms with E-state index in [0.29, 0.717) is 6.04 Å². The van der Waals surface area contributed by atoms with Crippen LogP contribution in [0.5, 0.6) is 0 Å². The van der Waals surface area contributed by atoms with E-state index in [-0.39, 0.29) is 0 Å². The maximum absolute atomic E-state index is 3.55. The van der Waals surface area contributed by atoms with Crippen LogP contribution in [0.3, 0.4) is 0 Å². The predicted molar refractivity (Wildman–Crippen MR) is 131 cm³/mol. The van der Waals surface area contributed by atoms with Crippen molar-refractivity contribution in [3.8, 4) is 11.1 Å². The van der Waals surface area contributed by atoms with Crippen molar-refractivity contribution in [2.45, 2.75) is 77.2 Å². The van der Waals surface area contributed by atoms with E-state index in [1.165, 1.54) is 73.3 Å². The highest BCUT2D eigenvalue weighted by Crippen LogP contribution is 2.24. The van der Waals surface area contributed by atoms with Gasteiger partial charge in [-0.05, 0) is 86.5 Å². The van der Waals surface area contributed by atoms with Crippen LogP contribution in [0, 0.1) is 0 Å². The molecule has 1 atom stereocenters. The lowest BCUT2D eigenvalue weighted by atomic mass is 10.0. The van der Waals surface area contributed by atoms with Gasteiger partial charge in [-0.25, -0.2) is 0 Å². The predicted octanol–water partition coefficient (Wildman–Crippen LogP) is 7.19. The molecule has 0 aromatic heterocycles. The number of hydrogen-bond donors (Lipinski definition) is 1. The number of benzene rings is 2. The molecule has 160 valence electrons. The molecule has 2 aromatic carbocycles. The average molecular weight is 413 g/mol. The highest BCUT2D eigenvalue weighted by Gasteiger charge is 2.10. The smallest absolute Gasteiger partial charge is 0.0228 e. The van der Waals surface area contributed by atoms with Crippen LogP contribution in [0.2, 0.25) is 0 Å². The third-order valence-corrected chi connectivity index (χ3v) is 6.45. The molecule has 0 aliphatic carbocycles. The summed E-state index contributed by atoms with van der Waals surface area (Å²) in [6.45, 7) is 12.3. The van der Waals surface area contributed by atoms with E-state index >= 15 is 0 Å². The van der Waals surface area contributed by atoms with E-state index in [4.69, 9.17) is 0 Å². The molecule has 1 unspecified atom stereocenters. The van der Waals surface area contributed by atoms with Crippen LogP contribution in [-0.4, -0.2) is 30.6 Å². The first kappa shape index (κ1) is 24.0. The largest absolute Gasteiger partial charge is 0.303 e. The van der Waals surface area contributed by atoms with Crippen LogP contribution in [0.4, 0.5) is 0 Å². The zero-order chi connectivity index (χ0) is 20.9. The van der Waals surface area contributed by atoms with Crippen molar-refractivity contribution in [3.05, 3.63) is 54.1 Å². The van der Waals surface area contributed by atoms with Crippen LogP contribution >= 0.6 is 11.9 Å². The second kappa shape index (κ2) is 13.8. The van der Waals surface area contributed by atoms with Gasteiger partial charge in [0.2, 0.25) is 0 Å². The average Bonchev–Trinajstić information content (AvgIpc) is 3.31. The molecule has 1 aliphatic rings. The molecule has 3 heteroatoms. The van der Waals surface area contributed by atoms with Crippen LogP contribution in [0.15, 0.2) is 53.4 Å².